The van der Waals surface area contributed by atoms with Crippen molar-refractivity contribution in [2.75, 3.05) is 13.1 Å². The molecule has 1 heterocycles. The van der Waals surface area contributed by atoms with Gasteiger partial charge < -0.3 is 4.90 Å². The third kappa shape index (κ3) is 2.60. The van der Waals surface area contributed by atoms with Crippen LogP contribution in [-0.4, -0.2) is 30.1 Å². The van der Waals surface area contributed by atoms with Crippen LogP contribution in [0.2, 0.25) is 5.02 Å². The Hall–Kier alpha value is -0.680. The van der Waals surface area contributed by atoms with Crippen molar-refractivity contribution < 1.29 is 13.6 Å². The number of likely N-dealkylation sites (tertiary alicyclic amines) is 1. The Morgan fingerprint density at radius 3 is 2.82 bits per heavy atom. The summed E-state index contributed by atoms with van der Waals surface area (Å²) < 4.78 is 26.5. The van der Waals surface area contributed by atoms with E-state index in [1.165, 1.54) is 11.0 Å². The summed E-state index contributed by atoms with van der Waals surface area (Å²) in [6.07, 6.45) is -0.680. The van der Waals surface area contributed by atoms with Crippen molar-refractivity contribution in [1.29, 1.82) is 0 Å². The van der Waals surface area contributed by atoms with E-state index in [4.69, 9.17) is 11.6 Å². The van der Waals surface area contributed by atoms with E-state index in [-0.39, 0.29) is 21.6 Å². The van der Waals surface area contributed by atoms with Gasteiger partial charge in [-0.05, 0) is 34.5 Å². The van der Waals surface area contributed by atoms with Crippen molar-refractivity contribution >= 4 is 33.4 Å². The van der Waals surface area contributed by atoms with Crippen molar-refractivity contribution in [3.63, 3.8) is 0 Å². The van der Waals surface area contributed by atoms with Crippen LogP contribution < -0.4 is 0 Å². The highest BCUT2D eigenvalue weighted by atomic mass is 79.9. The van der Waals surface area contributed by atoms with E-state index < -0.39 is 17.9 Å². The molecule has 92 valence electrons. The fraction of sp³-hybridized carbons (Fsp3) is 0.364. The maximum absolute atomic E-state index is 13.3. The number of benzene rings is 1. The molecule has 0 saturated carbocycles. The van der Waals surface area contributed by atoms with E-state index in [1.807, 2.05) is 0 Å². The van der Waals surface area contributed by atoms with E-state index in [1.54, 1.807) is 0 Å². The molecular formula is C11H9BrClF2NO. The topological polar surface area (TPSA) is 20.3 Å². The lowest BCUT2D eigenvalue weighted by Crippen LogP contribution is -2.29. The molecule has 1 atom stereocenters. The van der Waals surface area contributed by atoms with Gasteiger partial charge in [0.25, 0.3) is 5.91 Å². The second-order valence-corrected chi connectivity index (χ2v) is 5.14. The highest BCUT2D eigenvalue weighted by Gasteiger charge is 2.28. The Morgan fingerprint density at radius 2 is 2.24 bits per heavy atom. The van der Waals surface area contributed by atoms with Crippen molar-refractivity contribution in [2.24, 2.45) is 0 Å². The molecule has 1 aliphatic rings. The van der Waals surface area contributed by atoms with E-state index in [9.17, 15) is 13.6 Å². The summed E-state index contributed by atoms with van der Waals surface area (Å²) in [5.74, 6) is -0.990. The van der Waals surface area contributed by atoms with Crippen molar-refractivity contribution in [3.8, 4) is 0 Å². The van der Waals surface area contributed by atoms with Gasteiger partial charge in [-0.25, -0.2) is 8.78 Å². The molecule has 1 saturated heterocycles. The zero-order valence-electron chi connectivity index (χ0n) is 8.72. The van der Waals surface area contributed by atoms with Crippen LogP contribution in [0.15, 0.2) is 16.6 Å². The first-order chi connectivity index (χ1) is 7.99. The van der Waals surface area contributed by atoms with Crippen molar-refractivity contribution in [1.82, 2.24) is 4.90 Å². The summed E-state index contributed by atoms with van der Waals surface area (Å²) in [7, 11) is 0. The summed E-state index contributed by atoms with van der Waals surface area (Å²) >= 11 is 8.85. The average molecular weight is 325 g/mol. The molecule has 0 N–H and O–H groups in total. The van der Waals surface area contributed by atoms with Crippen LogP contribution in [0.25, 0.3) is 0 Å². The summed E-state index contributed by atoms with van der Waals surface area (Å²) in [4.78, 5) is 13.3. The van der Waals surface area contributed by atoms with Gasteiger partial charge in [0, 0.05) is 6.54 Å². The highest BCUT2D eigenvalue weighted by Crippen LogP contribution is 2.27. The quantitative estimate of drug-likeness (QED) is 0.725. The molecule has 1 amide bonds. The molecule has 17 heavy (non-hydrogen) atoms. The summed E-state index contributed by atoms with van der Waals surface area (Å²) in [5.41, 5.74) is 0.0708. The number of amides is 1. The Labute approximate surface area is 111 Å². The monoisotopic (exact) mass is 323 g/mol. The first kappa shape index (κ1) is 12.8. The second kappa shape index (κ2) is 4.90. The van der Waals surface area contributed by atoms with E-state index >= 15 is 0 Å². The Morgan fingerprint density at radius 1 is 1.53 bits per heavy atom. The van der Waals surface area contributed by atoms with Crippen LogP contribution in [0.4, 0.5) is 8.78 Å². The Bertz CT molecular complexity index is 469. The number of nitrogens with zero attached hydrogens (tertiary/aromatic N) is 1. The molecular weight excluding hydrogens is 315 g/mol. The molecule has 1 aromatic carbocycles. The van der Waals surface area contributed by atoms with Crippen LogP contribution in [0.3, 0.4) is 0 Å². The first-order valence-corrected chi connectivity index (χ1v) is 6.24. The molecule has 0 aliphatic carbocycles. The standard InChI is InChI=1S/C11H9BrClF2NO/c12-8-4-9(13)7(3-10(8)15)11(17)16-2-1-6(14)5-16/h3-4,6H,1-2,5H2/t6-/m0/s1. The zero-order valence-corrected chi connectivity index (χ0v) is 11.1. The molecule has 0 spiro atoms. The fourth-order valence-electron chi connectivity index (χ4n) is 1.76. The van der Waals surface area contributed by atoms with Gasteiger partial charge in [-0.15, -0.1) is 0 Å². The predicted molar refractivity (Wildman–Crippen MR) is 64.5 cm³/mol. The summed E-state index contributed by atoms with van der Waals surface area (Å²) in [5, 5.41) is 0.158. The number of alkyl halides is 1. The van der Waals surface area contributed by atoms with Crippen LogP contribution in [0, 0.1) is 5.82 Å². The number of hydrogen-bond donors (Lipinski definition) is 0. The zero-order chi connectivity index (χ0) is 12.6. The normalized spacial score (nSPS) is 19.8. The van der Waals surface area contributed by atoms with Crippen molar-refractivity contribution in [2.45, 2.75) is 12.6 Å². The van der Waals surface area contributed by atoms with Crippen LogP contribution in [0.1, 0.15) is 16.8 Å². The average Bonchev–Trinajstić information content (AvgIpc) is 2.69. The van der Waals surface area contributed by atoms with Gasteiger partial charge >= 0.3 is 0 Å². The maximum atomic E-state index is 13.3. The van der Waals surface area contributed by atoms with Gasteiger partial charge in [0.05, 0.1) is 21.6 Å². The lowest BCUT2D eigenvalue weighted by atomic mass is 10.2. The lowest BCUT2D eigenvalue weighted by molar-refractivity contribution is 0.0782. The SMILES string of the molecule is O=C(c1cc(F)c(Br)cc1Cl)N1CC[C@H](F)C1. The maximum Gasteiger partial charge on any atom is 0.255 e. The lowest BCUT2D eigenvalue weighted by Gasteiger charge is -2.16. The van der Waals surface area contributed by atoms with Crippen LogP contribution >= 0.6 is 27.5 Å². The van der Waals surface area contributed by atoms with Gasteiger partial charge in [0.15, 0.2) is 0 Å². The number of carbonyl (C=O) groups is 1. The van der Waals surface area contributed by atoms with E-state index in [0.29, 0.717) is 13.0 Å². The van der Waals surface area contributed by atoms with E-state index in [0.717, 1.165) is 6.07 Å². The van der Waals surface area contributed by atoms with Gasteiger partial charge in [0.1, 0.15) is 12.0 Å². The summed E-state index contributed by atoms with van der Waals surface area (Å²) in [6, 6.07) is 2.40. The molecule has 0 radical (unpaired) electrons. The molecule has 1 fully saturated rings. The van der Waals surface area contributed by atoms with Crippen LogP contribution in [0.5, 0.6) is 0 Å². The molecule has 6 heteroatoms. The molecule has 2 nitrogen and oxygen atoms in total. The molecule has 1 aliphatic heterocycles. The first-order valence-electron chi connectivity index (χ1n) is 5.07. The third-order valence-electron chi connectivity index (χ3n) is 2.66. The minimum atomic E-state index is -1.00. The second-order valence-electron chi connectivity index (χ2n) is 3.88. The Kier molecular flexibility index (Phi) is 3.68. The van der Waals surface area contributed by atoms with Crippen LogP contribution in [-0.2, 0) is 0 Å². The highest BCUT2D eigenvalue weighted by molar-refractivity contribution is 9.10. The van der Waals surface area contributed by atoms with E-state index in [2.05, 4.69) is 15.9 Å². The molecule has 2 rings (SSSR count). The van der Waals surface area contributed by atoms with Gasteiger partial charge in [-0.2, -0.15) is 0 Å². The Balaban J connectivity index is 2.28. The molecule has 0 unspecified atom stereocenters. The minimum Gasteiger partial charge on any atom is -0.336 e. The molecule has 1 aromatic rings. The van der Waals surface area contributed by atoms with Gasteiger partial charge in [0.2, 0.25) is 0 Å². The van der Waals surface area contributed by atoms with Gasteiger partial charge in [-0.3, -0.25) is 4.79 Å². The fourth-order valence-corrected chi connectivity index (χ4v) is 2.48. The smallest absolute Gasteiger partial charge is 0.255 e. The van der Waals surface area contributed by atoms with Gasteiger partial charge in [-0.1, -0.05) is 11.6 Å². The number of carbonyl (C=O) groups excluding carboxylic acids is 1. The molecule has 0 bridgehead atoms. The number of rotatable bonds is 1. The minimum absolute atomic E-state index is 0.0485. The summed E-state index contributed by atoms with van der Waals surface area (Å²) in [6.45, 7) is 0.390. The number of halogens is 4. The third-order valence-corrected chi connectivity index (χ3v) is 3.58. The number of hydrogen-bond acceptors (Lipinski definition) is 1. The van der Waals surface area contributed by atoms with Crippen molar-refractivity contribution in [3.05, 3.63) is 33.0 Å². The molecule has 0 aromatic heterocycles. The predicted octanol–water partition coefficient (Wildman–Crippen LogP) is 3.43. The largest absolute Gasteiger partial charge is 0.336 e.